The van der Waals surface area contributed by atoms with Gasteiger partial charge in [0.2, 0.25) is 5.82 Å². The minimum Gasteiger partial charge on any atom is -0.493 e. The Kier molecular flexibility index (Phi) is 5.79. The van der Waals surface area contributed by atoms with Gasteiger partial charge in [-0.15, -0.1) is 0 Å². The summed E-state index contributed by atoms with van der Waals surface area (Å²) in [6.45, 7) is 3.81. The molecule has 0 saturated carbocycles. The van der Waals surface area contributed by atoms with Crippen molar-refractivity contribution in [2.24, 2.45) is 5.92 Å². The first-order valence-corrected chi connectivity index (χ1v) is 10.4. The summed E-state index contributed by atoms with van der Waals surface area (Å²) in [7, 11) is 1.10. The van der Waals surface area contributed by atoms with Crippen molar-refractivity contribution in [1.82, 2.24) is 15.2 Å². The van der Waals surface area contributed by atoms with E-state index in [4.69, 9.17) is 9.47 Å². The van der Waals surface area contributed by atoms with Gasteiger partial charge in [0, 0.05) is 35.4 Å². The molecule has 182 valence electrons. The van der Waals surface area contributed by atoms with Crippen LogP contribution in [0.2, 0.25) is 0 Å². The van der Waals surface area contributed by atoms with E-state index in [1.807, 2.05) is 0 Å². The predicted molar refractivity (Wildman–Crippen MR) is 112 cm³/mol. The molecule has 2 N–H and O–H groups in total. The first-order chi connectivity index (χ1) is 15.9. The highest BCUT2D eigenvalue weighted by Crippen LogP contribution is 2.59. The maximum absolute atomic E-state index is 14.6. The summed E-state index contributed by atoms with van der Waals surface area (Å²) in [6.07, 6.45) is -4.79. The number of nitrogens with one attached hydrogen (secondary N) is 2. The van der Waals surface area contributed by atoms with Crippen LogP contribution in [-0.2, 0) is 4.74 Å². The van der Waals surface area contributed by atoms with Crippen molar-refractivity contribution in [2.45, 2.75) is 44.6 Å². The molecule has 1 saturated heterocycles. The topological polar surface area (TPSA) is 80.0 Å². The fraction of sp³-hybridized carbons (Fsp3) is 0.391. The van der Waals surface area contributed by atoms with Crippen LogP contribution in [0.15, 0.2) is 35.3 Å². The molecule has 0 aliphatic carbocycles. The van der Waals surface area contributed by atoms with E-state index in [9.17, 15) is 26.7 Å². The van der Waals surface area contributed by atoms with Crippen molar-refractivity contribution in [3.05, 3.63) is 69.3 Å². The molecule has 0 radical (unpaired) electrons. The number of pyridine rings is 1. The number of benzene rings is 1. The molecule has 0 unspecified atom stereocenters. The van der Waals surface area contributed by atoms with Crippen LogP contribution < -0.4 is 10.2 Å². The molecule has 1 aliphatic heterocycles. The van der Waals surface area contributed by atoms with Crippen LogP contribution in [0.4, 0.5) is 22.0 Å². The number of hydrogen-bond acceptors (Lipinski definition) is 4. The summed E-state index contributed by atoms with van der Waals surface area (Å²) in [5.41, 5.74) is -2.39. The zero-order valence-corrected chi connectivity index (χ0v) is 18.7. The third-order valence-electron chi connectivity index (χ3n) is 6.56. The van der Waals surface area contributed by atoms with Gasteiger partial charge in [-0.05, 0) is 26.0 Å². The number of halogens is 5. The maximum atomic E-state index is 14.6. The Morgan fingerprint density at radius 2 is 1.91 bits per heavy atom. The molecule has 4 atom stereocenters. The van der Waals surface area contributed by atoms with Gasteiger partial charge in [0.05, 0.1) is 24.1 Å². The molecule has 2 aromatic heterocycles. The van der Waals surface area contributed by atoms with Crippen LogP contribution >= 0.6 is 0 Å². The van der Waals surface area contributed by atoms with Gasteiger partial charge < -0.3 is 14.5 Å². The van der Waals surface area contributed by atoms with E-state index < -0.39 is 52.5 Å². The Balaban J connectivity index is 2.02. The van der Waals surface area contributed by atoms with Crippen molar-refractivity contribution < 1.29 is 31.4 Å². The van der Waals surface area contributed by atoms with Gasteiger partial charge in [-0.25, -0.2) is 4.39 Å². The minimum absolute atomic E-state index is 0.00945. The molecule has 0 spiro atoms. The van der Waals surface area contributed by atoms with Crippen molar-refractivity contribution in [1.29, 1.82) is 0 Å². The second kappa shape index (κ2) is 8.23. The molecule has 3 heterocycles. The third kappa shape index (κ3) is 3.58. The van der Waals surface area contributed by atoms with Gasteiger partial charge in [0.15, 0.2) is 22.6 Å². The number of aryl methyl sites for hydroxylation is 1. The normalized spacial score (nSPS) is 25.0. The van der Waals surface area contributed by atoms with Crippen molar-refractivity contribution in [2.75, 3.05) is 7.11 Å². The van der Waals surface area contributed by atoms with Crippen LogP contribution in [0, 0.1) is 24.5 Å². The Labute approximate surface area is 191 Å². The molecule has 6 nitrogen and oxygen atoms in total. The molecule has 1 aliphatic rings. The van der Waals surface area contributed by atoms with Crippen LogP contribution in [0.25, 0.3) is 11.3 Å². The Morgan fingerprint density at radius 3 is 2.50 bits per heavy atom. The summed E-state index contributed by atoms with van der Waals surface area (Å²) in [4.78, 5) is 15.9. The summed E-state index contributed by atoms with van der Waals surface area (Å²) >= 11 is 0. The number of aromatic amines is 2. The Hall–Kier alpha value is -3.21. The summed E-state index contributed by atoms with van der Waals surface area (Å²) in [5, 5.41) is 6.48. The molecule has 0 amide bonds. The molecule has 4 rings (SSSR count). The Morgan fingerprint density at radius 1 is 1.21 bits per heavy atom. The lowest BCUT2D eigenvalue weighted by Gasteiger charge is -2.32. The molecule has 1 fully saturated rings. The zero-order valence-electron chi connectivity index (χ0n) is 18.7. The van der Waals surface area contributed by atoms with Gasteiger partial charge >= 0.3 is 6.18 Å². The smallest absolute Gasteiger partial charge is 0.417 e. The highest BCUT2D eigenvalue weighted by Gasteiger charge is 2.65. The van der Waals surface area contributed by atoms with E-state index in [-0.39, 0.29) is 22.5 Å². The first kappa shape index (κ1) is 23.9. The van der Waals surface area contributed by atoms with Gasteiger partial charge in [0.25, 0.3) is 0 Å². The molecule has 11 heteroatoms. The standard InChI is InChI=1S/C23H22F5N3O3/c1-10-9-15(32)17(14-7-8-29-31-14)19(30-10)21-16(11(2)22(3,34-21)23(26,27)28)12-5-6-13(24)18(25)20(12)33-4/h5-9,11,16,21H,1-4H3,(H,29,31)(H,30,32)/t11-,16-,21+,22+/m0/s1. The van der Waals surface area contributed by atoms with Crippen LogP contribution in [-0.4, -0.2) is 34.1 Å². The molecular weight excluding hydrogens is 461 g/mol. The van der Waals surface area contributed by atoms with Crippen molar-refractivity contribution in [3.63, 3.8) is 0 Å². The van der Waals surface area contributed by atoms with Gasteiger partial charge in [-0.1, -0.05) is 13.0 Å². The van der Waals surface area contributed by atoms with Crippen molar-refractivity contribution >= 4 is 0 Å². The Bertz CT molecular complexity index is 1270. The van der Waals surface area contributed by atoms with E-state index in [0.29, 0.717) is 5.69 Å². The van der Waals surface area contributed by atoms with Crippen LogP contribution in [0.5, 0.6) is 5.75 Å². The lowest BCUT2D eigenvalue weighted by Crippen LogP contribution is -2.46. The second-order valence-corrected chi connectivity index (χ2v) is 8.52. The number of alkyl halides is 3. The minimum atomic E-state index is -4.80. The highest BCUT2D eigenvalue weighted by atomic mass is 19.4. The molecule has 0 bridgehead atoms. The van der Waals surface area contributed by atoms with Crippen LogP contribution in [0.1, 0.15) is 42.8 Å². The fourth-order valence-electron chi connectivity index (χ4n) is 4.66. The number of hydrogen-bond donors (Lipinski definition) is 2. The number of ether oxygens (including phenoxy) is 2. The monoisotopic (exact) mass is 483 g/mol. The van der Waals surface area contributed by atoms with E-state index >= 15 is 0 Å². The summed E-state index contributed by atoms with van der Waals surface area (Å²) < 4.78 is 82.0. The number of nitrogens with zero attached hydrogens (tertiary/aromatic N) is 1. The zero-order chi connectivity index (χ0) is 25.0. The number of rotatable bonds is 4. The number of H-pyrrole nitrogens is 2. The van der Waals surface area contributed by atoms with E-state index in [1.165, 1.54) is 31.3 Å². The van der Waals surface area contributed by atoms with E-state index in [0.717, 1.165) is 20.1 Å². The third-order valence-corrected chi connectivity index (χ3v) is 6.56. The van der Waals surface area contributed by atoms with Gasteiger partial charge in [0.1, 0.15) is 6.10 Å². The summed E-state index contributed by atoms with van der Waals surface area (Å²) in [6, 6.07) is 4.81. The first-order valence-electron chi connectivity index (χ1n) is 10.4. The van der Waals surface area contributed by atoms with Gasteiger partial charge in [-0.2, -0.15) is 22.7 Å². The second-order valence-electron chi connectivity index (χ2n) is 8.52. The average molecular weight is 483 g/mol. The average Bonchev–Trinajstić information content (AvgIpc) is 3.37. The maximum Gasteiger partial charge on any atom is 0.417 e. The van der Waals surface area contributed by atoms with E-state index in [2.05, 4.69) is 15.2 Å². The molecule has 34 heavy (non-hydrogen) atoms. The quantitative estimate of drug-likeness (QED) is 0.502. The van der Waals surface area contributed by atoms with Gasteiger partial charge in [-0.3, -0.25) is 9.89 Å². The predicted octanol–water partition coefficient (Wildman–Crippen LogP) is 5.17. The molecular formula is C23H22F5N3O3. The van der Waals surface area contributed by atoms with E-state index in [1.54, 1.807) is 6.92 Å². The SMILES string of the molecule is COc1c([C@H]2[C@H](c3[nH]c(C)cc(=O)c3-c3ccn[nH]3)O[C@@](C)(C(F)(F)F)[C@H]2C)ccc(F)c1F. The van der Waals surface area contributed by atoms with Crippen molar-refractivity contribution in [3.8, 4) is 17.0 Å². The molecule has 1 aromatic carbocycles. The summed E-state index contributed by atoms with van der Waals surface area (Å²) in [5.74, 6) is -5.47. The fourth-order valence-corrected chi connectivity index (χ4v) is 4.66. The lowest BCUT2D eigenvalue weighted by molar-refractivity contribution is -0.275. The highest BCUT2D eigenvalue weighted by molar-refractivity contribution is 5.63. The number of methoxy groups -OCH3 is 1. The number of aromatic nitrogens is 3. The lowest BCUT2D eigenvalue weighted by atomic mass is 9.76. The van der Waals surface area contributed by atoms with Crippen LogP contribution in [0.3, 0.4) is 0 Å². The largest absolute Gasteiger partial charge is 0.493 e. The molecule has 3 aromatic rings.